The second-order valence-corrected chi connectivity index (χ2v) is 7.46. The standard InChI is InChI=1S/C19H29FN4O/c1-14(6-7-24-10-8-23(2)9-11-24)21-19(25)22-18-13-17(18)15-4-3-5-16(20)12-15/h3-5,12,14,17-18H,6-11,13H2,1-2H3,(H2,21,22,25)/t14-,17-,18+/m0/s1. The summed E-state index contributed by atoms with van der Waals surface area (Å²) >= 11 is 0. The van der Waals surface area contributed by atoms with E-state index in [4.69, 9.17) is 0 Å². The molecule has 2 amide bonds. The molecule has 5 nitrogen and oxygen atoms in total. The minimum Gasteiger partial charge on any atom is -0.336 e. The number of likely N-dealkylation sites (N-methyl/N-ethyl adjacent to an activating group) is 1. The van der Waals surface area contributed by atoms with Crippen LogP contribution in [0.15, 0.2) is 24.3 Å². The normalized spacial score (nSPS) is 25.4. The van der Waals surface area contributed by atoms with Gasteiger partial charge in [0.1, 0.15) is 5.82 Å². The molecule has 1 saturated heterocycles. The molecule has 0 bridgehead atoms. The van der Waals surface area contributed by atoms with Gasteiger partial charge in [-0.2, -0.15) is 0 Å². The van der Waals surface area contributed by atoms with Crippen molar-refractivity contribution < 1.29 is 9.18 Å². The molecule has 1 aromatic carbocycles. The van der Waals surface area contributed by atoms with E-state index in [1.165, 1.54) is 6.07 Å². The Bertz CT molecular complexity index is 589. The van der Waals surface area contributed by atoms with Crippen LogP contribution in [0.25, 0.3) is 0 Å². The van der Waals surface area contributed by atoms with E-state index in [-0.39, 0.29) is 29.8 Å². The number of rotatable bonds is 6. The van der Waals surface area contributed by atoms with Crippen molar-refractivity contribution in [3.8, 4) is 0 Å². The van der Waals surface area contributed by atoms with Crippen LogP contribution in [0.2, 0.25) is 0 Å². The van der Waals surface area contributed by atoms with Crippen molar-refractivity contribution in [3.05, 3.63) is 35.6 Å². The van der Waals surface area contributed by atoms with Crippen molar-refractivity contribution in [1.82, 2.24) is 20.4 Å². The highest BCUT2D eigenvalue weighted by Crippen LogP contribution is 2.40. The molecule has 1 aromatic rings. The van der Waals surface area contributed by atoms with Crippen LogP contribution in [0.4, 0.5) is 9.18 Å². The number of carbonyl (C=O) groups is 1. The summed E-state index contributed by atoms with van der Waals surface area (Å²) in [4.78, 5) is 16.9. The summed E-state index contributed by atoms with van der Waals surface area (Å²) in [7, 11) is 2.15. The van der Waals surface area contributed by atoms with Gasteiger partial charge in [-0.25, -0.2) is 9.18 Å². The van der Waals surface area contributed by atoms with Crippen LogP contribution >= 0.6 is 0 Å². The number of carbonyl (C=O) groups excluding carboxylic acids is 1. The lowest BCUT2D eigenvalue weighted by atomic mass is 10.1. The predicted molar refractivity (Wildman–Crippen MR) is 97.2 cm³/mol. The third-order valence-electron chi connectivity index (χ3n) is 5.24. The Morgan fingerprint density at radius 3 is 2.80 bits per heavy atom. The first kappa shape index (κ1) is 18.1. The van der Waals surface area contributed by atoms with E-state index >= 15 is 0 Å². The molecule has 138 valence electrons. The number of nitrogens with one attached hydrogen (secondary N) is 2. The average molecular weight is 348 g/mol. The number of hydrogen-bond acceptors (Lipinski definition) is 3. The predicted octanol–water partition coefficient (Wildman–Crippen LogP) is 2.01. The first-order valence-corrected chi connectivity index (χ1v) is 9.24. The molecule has 2 N–H and O–H groups in total. The average Bonchev–Trinajstić information content (AvgIpc) is 3.33. The van der Waals surface area contributed by atoms with E-state index in [0.29, 0.717) is 0 Å². The molecule has 25 heavy (non-hydrogen) atoms. The van der Waals surface area contributed by atoms with Gasteiger partial charge in [0.2, 0.25) is 0 Å². The quantitative estimate of drug-likeness (QED) is 0.827. The van der Waals surface area contributed by atoms with Gasteiger partial charge < -0.3 is 20.4 Å². The maximum absolute atomic E-state index is 13.3. The minimum atomic E-state index is -0.217. The van der Waals surface area contributed by atoms with Crippen molar-refractivity contribution in [2.75, 3.05) is 39.8 Å². The second kappa shape index (κ2) is 8.15. The van der Waals surface area contributed by atoms with Crippen molar-refractivity contribution >= 4 is 6.03 Å². The lowest BCUT2D eigenvalue weighted by molar-refractivity contribution is 0.149. The van der Waals surface area contributed by atoms with Gasteiger partial charge in [0.25, 0.3) is 0 Å². The zero-order valence-electron chi connectivity index (χ0n) is 15.2. The molecule has 1 heterocycles. The first-order valence-electron chi connectivity index (χ1n) is 9.24. The highest BCUT2D eigenvalue weighted by molar-refractivity contribution is 5.75. The zero-order valence-corrected chi connectivity index (χ0v) is 15.2. The third-order valence-corrected chi connectivity index (χ3v) is 5.24. The van der Waals surface area contributed by atoms with Crippen molar-refractivity contribution in [3.63, 3.8) is 0 Å². The van der Waals surface area contributed by atoms with Crippen LogP contribution in [-0.2, 0) is 0 Å². The Morgan fingerprint density at radius 2 is 2.08 bits per heavy atom. The lowest BCUT2D eigenvalue weighted by Crippen LogP contribution is -2.47. The molecule has 0 aromatic heterocycles. The van der Waals surface area contributed by atoms with E-state index in [1.54, 1.807) is 12.1 Å². The van der Waals surface area contributed by atoms with Crippen LogP contribution in [-0.4, -0.2) is 67.7 Å². The Hall–Kier alpha value is -1.66. The second-order valence-electron chi connectivity index (χ2n) is 7.46. The molecule has 6 heteroatoms. The maximum Gasteiger partial charge on any atom is 0.315 e. The van der Waals surface area contributed by atoms with E-state index < -0.39 is 0 Å². The highest BCUT2D eigenvalue weighted by atomic mass is 19.1. The van der Waals surface area contributed by atoms with Crippen LogP contribution in [0.1, 0.15) is 31.2 Å². The third kappa shape index (κ3) is 5.41. The molecule has 3 atom stereocenters. The molecule has 0 radical (unpaired) electrons. The zero-order chi connectivity index (χ0) is 17.8. The largest absolute Gasteiger partial charge is 0.336 e. The molecule has 0 spiro atoms. The molecular formula is C19H29FN4O. The minimum absolute atomic E-state index is 0.116. The van der Waals surface area contributed by atoms with Gasteiger partial charge in [0.15, 0.2) is 0 Å². The summed E-state index contributed by atoms with van der Waals surface area (Å²) in [6.45, 7) is 7.51. The van der Waals surface area contributed by atoms with Crippen LogP contribution in [0.5, 0.6) is 0 Å². The Labute approximate surface area is 149 Å². The topological polar surface area (TPSA) is 47.6 Å². The highest BCUT2D eigenvalue weighted by Gasteiger charge is 2.39. The lowest BCUT2D eigenvalue weighted by Gasteiger charge is -2.32. The Kier molecular flexibility index (Phi) is 5.91. The van der Waals surface area contributed by atoms with Crippen LogP contribution < -0.4 is 10.6 Å². The van der Waals surface area contributed by atoms with Gasteiger partial charge in [-0.05, 0) is 44.5 Å². The Morgan fingerprint density at radius 1 is 1.32 bits per heavy atom. The monoisotopic (exact) mass is 348 g/mol. The van der Waals surface area contributed by atoms with Crippen molar-refractivity contribution in [2.45, 2.75) is 37.8 Å². The molecular weight excluding hydrogens is 319 g/mol. The maximum atomic E-state index is 13.3. The summed E-state index contributed by atoms with van der Waals surface area (Å²) in [5.74, 6) is 0.0206. The van der Waals surface area contributed by atoms with E-state index in [9.17, 15) is 9.18 Å². The number of urea groups is 1. The number of amides is 2. The summed E-state index contributed by atoms with van der Waals surface area (Å²) in [6.07, 6.45) is 1.83. The fourth-order valence-electron chi connectivity index (χ4n) is 3.41. The number of halogens is 1. The summed E-state index contributed by atoms with van der Waals surface area (Å²) < 4.78 is 13.3. The van der Waals surface area contributed by atoms with Gasteiger partial charge in [0, 0.05) is 50.7 Å². The molecule has 1 aliphatic heterocycles. The van der Waals surface area contributed by atoms with Gasteiger partial charge in [-0.1, -0.05) is 12.1 Å². The fraction of sp³-hybridized carbons (Fsp3) is 0.632. The fourth-order valence-corrected chi connectivity index (χ4v) is 3.41. The first-order chi connectivity index (χ1) is 12.0. The van der Waals surface area contributed by atoms with Crippen molar-refractivity contribution in [2.24, 2.45) is 0 Å². The summed E-state index contributed by atoms with van der Waals surface area (Å²) in [5.41, 5.74) is 0.966. The molecule has 2 aliphatic rings. The number of piperazine rings is 1. The summed E-state index contributed by atoms with van der Waals surface area (Å²) in [5, 5.41) is 6.03. The number of hydrogen-bond donors (Lipinski definition) is 2. The van der Waals surface area contributed by atoms with E-state index in [0.717, 1.165) is 51.1 Å². The molecule has 0 unspecified atom stereocenters. The molecule has 1 saturated carbocycles. The Balaban J connectivity index is 1.34. The van der Waals surface area contributed by atoms with Crippen LogP contribution in [0.3, 0.4) is 0 Å². The van der Waals surface area contributed by atoms with Crippen molar-refractivity contribution in [1.29, 1.82) is 0 Å². The SMILES string of the molecule is C[C@@H](CCN1CCN(C)CC1)NC(=O)N[C@@H]1C[C@H]1c1cccc(F)c1. The molecule has 2 fully saturated rings. The number of nitrogens with zero attached hydrogens (tertiary/aromatic N) is 2. The summed E-state index contributed by atoms with van der Waals surface area (Å²) in [6, 6.07) is 6.80. The van der Waals surface area contributed by atoms with Gasteiger partial charge in [-0.3, -0.25) is 0 Å². The van der Waals surface area contributed by atoms with Gasteiger partial charge >= 0.3 is 6.03 Å². The van der Waals surface area contributed by atoms with Gasteiger partial charge in [-0.15, -0.1) is 0 Å². The van der Waals surface area contributed by atoms with E-state index in [1.807, 2.05) is 13.0 Å². The van der Waals surface area contributed by atoms with Crippen LogP contribution in [0, 0.1) is 5.82 Å². The molecule has 1 aliphatic carbocycles. The van der Waals surface area contributed by atoms with E-state index in [2.05, 4.69) is 27.5 Å². The molecule has 3 rings (SSSR count). The van der Waals surface area contributed by atoms with Gasteiger partial charge in [0.05, 0.1) is 0 Å². The smallest absolute Gasteiger partial charge is 0.315 e. The number of benzene rings is 1.